The molecule has 1 aromatic heterocycles. The Morgan fingerprint density at radius 2 is 1.59 bits per heavy atom. The summed E-state index contributed by atoms with van der Waals surface area (Å²) < 4.78 is 12.3. The highest BCUT2D eigenvalue weighted by Gasteiger charge is 2.57. The number of nitrogens with one attached hydrogen (secondary N) is 1. The highest BCUT2D eigenvalue weighted by atomic mass is 32.2. The summed E-state index contributed by atoms with van der Waals surface area (Å²) in [5.74, 6) is -1.35. The number of para-hydroxylation sites is 2. The molecule has 0 spiro atoms. The van der Waals surface area contributed by atoms with Gasteiger partial charge >= 0.3 is 4.87 Å². The molecule has 0 aliphatic carbocycles. The van der Waals surface area contributed by atoms with Crippen LogP contribution >= 0.6 is 23.1 Å². The number of hydrogen-bond donors (Lipinski definition) is 1. The van der Waals surface area contributed by atoms with Gasteiger partial charge < -0.3 is 14.8 Å². The lowest BCUT2D eigenvalue weighted by Gasteiger charge is -2.31. The Bertz CT molecular complexity index is 1700. The molecule has 0 radical (unpaired) electrons. The molecule has 1 saturated heterocycles. The number of ether oxygens (including phenoxy) is 2. The second kappa shape index (κ2) is 10.9. The zero-order chi connectivity index (χ0) is 28.7. The molecule has 1 fully saturated rings. The van der Waals surface area contributed by atoms with Crippen molar-refractivity contribution in [3.8, 4) is 11.5 Å². The van der Waals surface area contributed by atoms with Crippen LogP contribution in [0, 0.1) is 5.92 Å². The van der Waals surface area contributed by atoms with Crippen LogP contribution in [0.25, 0.3) is 0 Å². The number of anilines is 2. The molecule has 9 nitrogen and oxygen atoms in total. The van der Waals surface area contributed by atoms with Crippen LogP contribution in [0.2, 0.25) is 0 Å². The third-order valence-corrected chi connectivity index (χ3v) is 9.82. The van der Waals surface area contributed by atoms with Gasteiger partial charge in [0.05, 0.1) is 30.9 Å². The summed E-state index contributed by atoms with van der Waals surface area (Å²) in [4.78, 5) is 55.7. The fourth-order valence-corrected chi connectivity index (χ4v) is 8.13. The number of aromatic nitrogens is 1. The maximum absolute atomic E-state index is 14.0. The minimum Gasteiger partial charge on any atom is -0.497 e. The molecular formula is C30H25N3O6S2. The van der Waals surface area contributed by atoms with Gasteiger partial charge in [0.15, 0.2) is 0 Å². The third-order valence-electron chi connectivity index (χ3n) is 7.21. The van der Waals surface area contributed by atoms with E-state index in [1.807, 2.05) is 24.3 Å². The Hall–Kier alpha value is -4.35. The van der Waals surface area contributed by atoms with Gasteiger partial charge in [-0.25, -0.2) is 4.90 Å². The van der Waals surface area contributed by atoms with E-state index in [2.05, 4.69) is 5.32 Å². The lowest BCUT2D eigenvalue weighted by Crippen LogP contribution is -2.33. The first-order valence-corrected chi connectivity index (χ1v) is 14.5. The highest BCUT2D eigenvalue weighted by molar-refractivity contribution is 8.00. The quantitative estimate of drug-likeness (QED) is 0.320. The molecule has 3 unspecified atom stereocenters. The fraction of sp³-hybridized carbons (Fsp3) is 0.200. The normalized spacial score (nSPS) is 19.5. The van der Waals surface area contributed by atoms with E-state index >= 15 is 0 Å². The maximum atomic E-state index is 14.0. The third kappa shape index (κ3) is 4.70. The standard InChI is InChI=1S/C30H25N3O6S2/c1-38-19-14-12-18(13-15-19)33-27(35)24-23(20-10-6-7-11-21(20)39-2)26-29(40-25(24)28(33)36)32(30(37)41-26)16-22(34)31-17-8-4-3-5-9-17/h3-15,23-25H,16H2,1-2H3,(H,31,34). The SMILES string of the molecule is COc1ccc(N2C(=O)C3Sc4c(sc(=O)n4CC(=O)Nc4ccccc4)C(c4ccccc4OC)C3C2=O)cc1. The van der Waals surface area contributed by atoms with Crippen LogP contribution in [0.4, 0.5) is 11.4 Å². The molecule has 2 aliphatic heterocycles. The van der Waals surface area contributed by atoms with Crippen molar-refractivity contribution in [2.24, 2.45) is 5.92 Å². The fourth-order valence-electron chi connectivity index (χ4n) is 5.37. The smallest absolute Gasteiger partial charge is 0.308 e. The summed E-state index contributed by atoms with van der Waals surface area (Å²) in [6.45, 7) is -0.229. The molecule has 2 aliphatic rings. The van der Waals surface area contributed by atoms with Gasteiger partial charge in [-0.2, -0.15) is 0 Å². The predicted octanol–water partition coefficient (Wildman–Crippen LogP) is 4.36. The lowest BCUT2D eigenvalue weighted by atomic mass is 9.82. The molecule has 4 aromatic rings. The van der Waals surface area contributed by atoms with Gasteiger partial charge in [-0.05, 0) is 42.5 Å². The van der Waals surface area contributed by atoms with E-state index in [9.17, 15) is 19.2 Å². The number of rotatable bonds is 7. The summed E-state index contributed by atoms with van der Waals surface area (Å²) >= 11 is 2.16. The summed E-state index contributed by atoms with van der Waals surface area (Å²) in [5.41, 5.74) is 1.75. The van der Waals surface area contributed by atoms with Gasteiger partial charge in [0.1, 0.15) is 23.3 Å². The zero-order valence-corrected chi connectivity index (χ0v) is 23.7. The van der Waals surface area contributed by atoms with Gasteiger partial charge in [0, 0.05) is 22.0 Å². The van der Waals surface area contributed by atoms with E-state index in [0.29, 0.717) is 38.3 Å². The van der Waals surface area contributed by atoms with Crippen LogP contribution in [-0.4, -0.2) is 41.8 Å². The number of benzene rings is 3. The maximum Gasteiger partial charge on any atom is 0.308 e. The van der Waals surface area contributed by atoms with Crippen LogP contribution in [0.15, 0.2) is 88.7 Å². The largest absolute Gasteiger partial charge is 0.497 e. The predicted molar refractivity (Wildman–Crippen MR) is 157 cm³/mol. The van der Waals surface area contributed by atoms with Gasteiger partial charge in [0.25, 0.3) is 0 Å². The molecular weight excluding hydrogens is 562 g/mol. The Balaban J connectivity index is 1.43. The topological polar surface area (TPSA) is 107 Å². The van der Waals surface area contributed by atoms with Crippen molar-refractivity contribution in [1.82, 2.24) is 4.57 Å². The van der Waals surface area contributed by atoms with E-state index < -0.39 is 17.1 Å². The molecule has 3 aromatic carbocycles. The molecule has 3 amide bonds. The Morgan fingerprint density at radius 1 is 0.878 bits per heavy atom. The highest BCUT2D eigenvalue weighted by Crippen LogP contribution is 2.55. The van der Waals surface area contributed by atoms with E-state index in [-0.39, 0.29) is 29.1 Å². The molecule has 11 heteroatoms. The number of amides is 3. The minimum atomic E-state index is -0.801. The van der Waals surface area contributed by atoms with Gasteiger partial charge in [-0.15, -0.1) is 0 Å². The Kier molecular flexibility index (Phi) is 7.14. The van der Waals surface area contributed by atoms with Crippen molar-refractivity contribution in [2.75, 3.05) is 24.4 Å². The number of thioether (sulfide) groups is 1. The number of thiazole rings is 1. The first kappa shape index (κ1) is 26.9. The molecule has 41 heavy (non-hydrogen) atoms. The number of nitrogens with zero attached hydrogens (tertiary/aromatic N) is 2. The molecule has 3 atom stereocenters. The molecule has 208 valence electrons. The van der Waals surface area contributed by atoms with E-state index in [4.69, 9.17) is 9.47 Å². The van der Waals surface area contributed by atoms with Crippen molar-refractivity contribution in [3.05, 3.63) is 99.0 Å². The number of fused-ring (bicyclic) bond motifs is 2. The van der Waals surface area contributed by atoms with Crippen LogP contribution in [-0.2, 0) is 20.9 Å². The second-order valence-electron chi connectivity index (χ2n) is 9.53. The van der Waals surface area contributed by atoms with E-state index in [0.717, 1.165) is 11.3 Å². The summed E-state index contributed by atoms with van der Waals surface area (Å²) in [6, 6.07) is 23.0. The molecule has 6 rings (SSSR count). The number of methoxy groups -OCH3 is 2. The van der Waals surface area contributed by atoms with Gasteiger partial charge in [0.2, 0.25) is 17.7 Å². The Labute approximate surface area is 243 Å². The van der Waals surface area contributed by atoms with E-state index in [1.165, 1.54) is 21.2 Å². The first-order chi connectivity index (χ1) is 19.9. The second-order valence-corrected chi connectivity index (χ2v) is 11.7. The number of hydrogen-bond acceptors (Lipinski definition) is 8. The van der Waals surface area contributed by atoms with Gasteiger partial charge in [-0.1, -0.05) is 59.5 Å². The number of carbonyl (C=O) groups is 3. The van der Waals surface area contributed by atoms with Crippen molar-refractivity contribution in [1.29, 1.82) is 0 Å². The monoisotopic (exact) mass is 587 g/mol. The van der Waals surface area contributed by atoms with E-state index in [1.54, 1.807) is 68.8 Å². The van der Waals surface area contributed by atoms with Crippen LogP contribution in [0.3, 0.4) is 0 Å². The molecule has 0 bridgehead atoms. The first-order valence-electron chi connectivity index (χ1n) is 12.8. The van der Waals surface area contributed by atoms with Crippen LogP contribution < -0.4 is 24.6 Å². The minimum absolute atomic E-state index is 0.229. The lowest BCUT2D eigenvalue weighted by molar-refractivity contribution is -0.122. The van der Waals surface area contributed by atoms with Gasteiger partial charge in [-0.3, -0.25) is 23.7 Å². The molecule has 1 N–H and O–H groups in total. The average molecular weight is 588 g/mol. The summed E-state index contributed by atoms with van der Waals surface area (Å²) in [5, 5.41) is 2.52. The van der Waals surface area contributed by atoms with Crippen LogP contribution in [0.5, 0.6) is 11.5 Å². The van der Waals surface area contributed by atoms with Crippen molar-refractivity contribution < 1.29 is 23.9 Å². The van der Waals surface area contributed by atoms with Crippen molar-refractivity contribution >= 4 is 52.2 Å². The number of imide groups is 1. The summed E-state index contributed by atoms with van der Waals surface area (Å²) in [7, 11) is 3.09. The van der Waals surface area contributed by atoms with Crippen molar-refractivity contribution in [3.63, 3.8) is 0 Å². The van der Waals surface area contributed by atoms with Crippen molar-refractivity contribution in [2.45, 2.75) is 22.7 Å². The molecule has 0 saturated carbocycles. The van der Waals surface area contributed by atoms with Crippen LogP contribution in [0.1, 0.15) is 16.4 Å². The summed E-state index contributed by atoms with van der Waals surface area (Å²) in [6.07, 6.45) is 0. The average Bonchev–Trinajstić information content (AvgIpc) is 3.43. The molecule has 3 heterocycles. The Morgan fingerprint density at radius 3 is 2.29 bits per heavy atom. The number of carbonyl (C=O) groups excluding carboxylic acids is 3. The zero-order valence-electron chi connectivity index (χ0n) is 22.1.